The molecule has 1 aromatic carbocycles. The van der Waals surface area contributed by atoms with Crippen molar-refractivity contribution in [2.75, 3.05) is 13.1 Å². The quantitative estimate of drug-likeness (QED) is 0.830. The number of urea groups is 1. The third kappa shape index (κ3) is 4.53. The number of likely N-dealkylation sites (tertiary alicyclic amines) is 1. The van der Waals surface area contributed by atoms with Gasteiger partial charge in [0.25, 0.3) is 0 Å². The van der Waals surface area contributed by atoms with Crippen molar-refractivity contribution in [1.82, 2.24) is 10.2 Å². The molecule has 1 unspecified atom stereocenters. The van der Waals surface area contributed by atoms with Crippen LogP contribution in [0.4, 0.5) is 4.79 Å². The Labute approximate surface area is 134 Å². The van der Waals surface area contributed by atoms with Crippen LogP contribution in [0.5, 0.6) is 5.75 Å². The number of carbonyl (C=O) groups is 2. The highest BCUT2D eigenvalue weighted by Crippen LogP contribution is 2.18. The second-order valence-corrected chi connectivity index (χ2v) is 5.76. The van der Waals surface area contributed by atoms with E-state index in [1.807, 2.05) is 0 Å². The molecule has 0 radical (unpaired) electrons. The van der Waals surface area contributed by atoms with Crippen LogP contribution in [0, 0.1) is 5.92 Å². The first-order valence-electron chi connectivity index (χ1n) is 7.22. The Morgan fingerprint density at radius 3 is 2.45 bits per heavy atom. The third-order valence-electron chi connectivity index (χ3n) is 3.64. The summed E-state index contributed by atoms with van der Waals surface area (Å²) in [5.74, 6) is 0.205. The van der Waals surface area contributed by atoms with Gasteiger partial charge in [-0.25, -0.2) is 4.79 Å². The number of piperidine rings is 1. The first-order chi connectivity index (χ1) is 10.5. The van der Waals surface area contributed by atoms with Crippen LogP contribution in [0.25, 0.3) is 0 Å². The number of carbonyl (C=O) groups excluding carboxylic acids is 2. The summed E-state index contributed by atoms with van der Waals surface area (Å²) in [7, 11) is 0. The van der Waals surface area contributed by atoms with Crippen molar-refractivity contribution in [3.63, 3.8) is 0 Å². The highest BCUT2D eigenvalue weighted by atomic mass is 35.5. The van der Waals surface area contributed by atoms with E-state index < -0.39 is 6.23 Å². The van der Waals surface area contributed by atoms with Crippen LogP contribution < -0.4 is 15.8 Å². The summed E-state index contributed by atoms with van der Waals surface area (Å²) in [6.45, 7) is 2.79. The topological polar surface area (TPSA) is 84.7 Å². The number of benzene rings is 1. The highest BCUT2D eigenvalue weighted by Gasteiger charge is 2.26. The van der Waals surface area contributed by atoms with E-state index in [0.717, 1.165) is 0 Å². The van der Waals surface area contributed by atoms with Gasteiger partial charge in [-0.2, -0.15) is 0 Å². The van der Waals surface area contributed by atoms with Crippen LogP contribution in [0.2, 0.25) is 5.02 Å². The number of hydrogen-bond acceptors (Lipinski definition) is 3. The van der Waals surface area contributed by atoms with Crippen LogP contribution in [-0.2, 0) is 4.79 Å². The van der Waals surface area contributed by atoms with E-state index in [-0.39, 0.29) is 17.9 Å². The standard InChI is InChI=1S/C15H20ClN3O3/c1-10(22-13-4-2-12(16)3-5-13)18-15(21)19-8-6-11(7-9-19)14(17)20/h2-5,10-11H,6-9H2,1H3,(H2,17,20)(H,18,21). The largest absolute Gasteiger partial charge is 0.471 e. The Balaban J connectivity index is 1.79. The van der Waals surface area contributed by atoms with Gasteiger partial charge in [-0.1, -0.05) is 11.6 Å². The first kappa shape index (κ1) is 16.4. The molecular formula is C15H20ClN3O3. The zero-order valence-electron chi connectivity index (χ0n) is 12.4. The van der Waals surface area contributed by atoms with Gasteiger partial charge in [0.05, 0.1) is 0 Å². The zero-order valence-corrected chi connectivity index (χ0v) is 13.2. The van der Waals surface area contributed by atoms with Crippen LogP contribution in [0.15, 0.2) is 24.3 Å². The summed E-state index contributed by atoms with van der Waals surface area (Å²) in [6.07, 6.45) is 0.743. The molecule has 3 amide bonds. The van der Waals surface area contributed by atoms with Crippen molar-refractivity contribution in [3.8, 4) is 5.75 Å². The molecule has 1 heterocycles. The van der Waals surface area contributed by atoms with Crippen molar-refractivity contribution in [2.45, 2.75) is 26.0 Å². The van der Waals surface area contributed by atoms with Gasteiger partial charge in [0.2, 0.25) is 5.91 Å². The normalized spacial score (nSPS) is 16.9. The fourth-order valence-electron chi connectivity index (χ4n) is 2.38. The number of ether oxygens (including phenoxy) is 1. The second kappa shape index (κ2) is 7.35. The van der Waals surface area contributed by atoms with Crippen LogP contribution in [0.1, 0.15) is 19.8 Å². The van der Waals surface area contributed by atoms with Gasteiger partial charge in [-0.3, -0.25) is 4.79 Å². The summed E-state index contributed by atoms with van der Waals surface area (Å²) < 4.78 is 5.60. The molecule has 6 nitrogen and oxygen atoms in total. The number of hydrogen-bond donors (Lipinski definition) is 2. The Morgan fingerprint density at radius 2 is 1.91 bits per heavy atom. The van der Waals surface area contributed by atoms with E-state index in [1.54, 1.807) is 36.1 Å². The minimum absolute atomic E-state index is 0.133. The fourth-order valence-corrected chi connectivity index (χ4v) is 2.51. The Hall–Kier alpha value is -1.95. The molecule has 1 atom stereocenters. The average molecular weight is 326 g/mol. The van der Waals surface area contributed by atoms with Gasteiger partial charge in [0.15, 0.2) is 6.23 Å². The Kier molecular flexibility index (Phi) is 5.49. The van der Waals surface area contributed by atoms with Crippen LogP contribution in [-0.4, -0.2) is 36.2 Å². The lowest BCUT2D eigenvalue weighted by atomic mass is 9.96. The lowest BCUT2D eigenvalue weighted by Gasteiger charge is -2.31. The number of primary amides is 1. The number of rotatable bonds is 4. The Bertz CT molecular complexity index is 527. The monoisotopic (exact) mass is 325 g/mol. The maximum atomic E-state index is 12.1. The van der Waals surface area contributed by atoms with Gasteiger partial charge in [-0.05, 0) is 44.0 Å². The van der Waals surface area contributed by atoms with Gasteiger partial charge in [0, 0.05) is 24.0 Å². The van der Waals surface area contributed by atoms with Gasteiger partial charge in [0.1, 0.15) is 5.75 Å². The van der Waals surface area contributed by atoms with Gasteiger partial charge >= 0.3 is 6.03 Å². The predicted molar refractivity (Wildman–Crippen MR) is 83.6 cm³/mol. The van der Waals surface area contributed by atoms with E-state index in [0.29, 0.717) is 36.7 Å². The van der Waals surface area contributed by atoms with E-state index in [4.69, 9.17) is 22.1 Å². The predicted octanol–water partition coefficient (Wildman–Crippen LogP) is 1.97. The molecule has 0 aromatic heterocycles. The average Bonchev–Trinajstić information content (AvgIpc) is 2.49. The number of halogens is 1. The van der Waals surface area contributed by atoms with Crippen molar-refractivity contribution in [3.05, 3.63) is 29.3 Å². The van der Waals surface area contributed by atoms with Crippen molar-refractivity contribution in [1.29, 1.82) is 0 Å². The minimum atomic E-state index is -0.470. The molecule has 0 aliphatic carbocycles. The molecule has 1 aliphatic rings. The highest BCUT2D eigenvalue weighted by molar-refractivity contribution is 6.30. The Morgan fingerprint density at radius 1 is 1.32 bits per heavy atom. The lowest BCUT2D eigenvalue weighted by Crippen LogP contribution is -2.49. The molecule has 1 fully saturated rings. The van der Waals surface area contributed by atoms with Gasteiger partial charge in [-0.15, -0.1) is 0 Å². The molecule has 0 bridgehead atoms. The molecule has 1 aliphatic heterocycles. The van der Waals surface area contributed by atoms with Crippen LogP contribution >= 0.6 is 11.6 Å². The molecule has 7 heteroatoms. The summed E-state index contributed by atoms with van der Waals surface area (Å²) in [5, 5.41) is 3.40. The van der Waals surface area contributed by atoms with E-state index in [2.05, 4.69) is 5.32 Å². The van der Waals surface area contributed by atoms with E-state index in [9.17, 15) is 9.59 Å². The summed E-state index contributed by atoms with van der Waals surface area (Å²) in [5.41, 5.74) is 5.28. The van der Waals surface area contributed by atoms with Crippen molar-refractivity contribution >= 4 is 23.5 Å². The molecule has 1 aromatic rings. The number of nitrogens with one attached hydrogen (secondary N) is 1. The maximum Gasteiger partial charge on any atom is 0.320 e. The molecule has 0 saturated carbocycles. The summed E-state index contributed by atoms with van der Waals surface area (Å²) in [4.78, 5) is 24.9. The zero-order chi connectivity index (χ0) is 16.1. The van der Waals surface area contributed by atoms with Crippen molar-refractivity contribution in [2.24, 2.45) is 11.7 Å². The first-order valence-corrected chi connectivity index (χ1v) is 7.60. The van der Waals surface area contributed by atoms with E-state index >= 15 is 0 Å². The molecule has 120 valence electrons. The molecule has 2 rings (SSSR count). The van der Waals surface area contributed by atoms with Crippen LogP contribution in [0.3, 0.4) is 0 Å². The summed E-state index contributed by atoms with van der Waals surface area (Å²) in [6, 6.07) is 6.72. The third-order valence-corrected chi connectivity index (χ3v) is 3.89. The second-order valence-electron chi connectivity index (χ2n) is 5.33. The molecule has 1 saturated heterocycles. The van der Waals surface area contributed by atoms with Crippen molar-refractivity contribution < 1.29 is 14.3 Å². The molecule has 0 spiro atoms. The molecular weight excluding hydrogens is 306 g/mol. The molecule has 22 heavy (non-hydrogen) atoms. The van der Waals surface area contributed by atoms with Gasteiger partial charge < -0.3 is 20.7 Å². The fraction of sp³-hybridized carbons (Fsp3) is 0.467. The smallest absolute Gasteiger partial charge is 0.320 e. The number of nitrogens with zero attached hydrogens (tertiary/aromatic N) is 1. The SMILES string of the molecule is CC(NC(=O)N1CCC(C(N)=O)CC1)Oc1ccc(Cl)cc1. The van der Waals surface area contributed by atoms with E-state index in [1.165, 1.54) is 0 Å². The summed E-state index contributed by atoms with van der Waals surface area (Å²) >= 11 is 5.80. The number of amides is 3. The maximum absolute atomic E-state index is 12.1. The lowest BCUT2D eigenvalue weighted by molar-refractivity contribution is -0.123. The molecule has 3 N–H and O–H groups in total. The minimum Gasteiger partial charge on any atom is -0.471 e. The number of nitrogens with two attached hydrogens (primary N) is 1.